The largest absolute Gasteiger partial charge is 0.340 e. The Bertz CT molecular complexity index is 533. The highest BCUT2D eigenvalue weighted by Crippen LogP contribution is 2.16. The van der Waals surface area contributed by atoms with Gasteiger partial charge in [-0.2, -0.15) is 17.0 Å². The summed E-state index contributed by atoms with van der Waals surface area (Å²) in [6.07, 6.45) is 2.73. The monoisotopic (exact) mass is 359 g/mol. The van der Waals surface area contributed by atoms with Gasteiger partial charge in [-0.3, -0.25) is 4.79 Å². The molecule has 0 radical (unpaired) electrons. The molecular formula is C15H29N5O3S. The molecule has 0 spiro atoms. The normalized spacial score (nSPS) is 28.4. The van der Waals surface area contributed by atoms with Gasteiger partial charge in [-0.25, -0.2) is 0 Å². The van der Waals surface area contributed by atoms with Crippen LogP contribution in [-0.4, -0.2) is 105 Å². The van der Waals surface area contributed by atoms with Gasteiger partial charge in [-0.1, -0.05) is 0 Å². The van der Waals surface area contributed by atoms with Crippen LogP contribution < -0.4 is 5.32 Å². The van der Waals surface area contributed by atoms with Crippen molar-refractivity contribution in [1.29, 1.82) is 0 Å². The smallest absolute Gasteiger partial charge is 0.282 e. The first-order valence-corrected chi connectivity index (χ1v) is 10.3. The summed E-state index contributed by atoms with van der Waals surface area (Å²) in [6, 6.07) is 0.296. The Morgan fingerprint density at radius 3 is 2.12 bits per heavy atom. The fourth-order valence-electron chi connectivity index (χ4n) is 3.62. The van der Waals surface area contributed by atoms with Crippen molar-refractivity contribution in [2.45, 2.75) is 25.3 Å². The lowest BCUT2D eigenvalue weighted by Crippen LogP contribution is -2.57. The van der Waals surface area contributed by atoms with Gasteiger partial charge in [0.05, 0.1) is 0 Å². The highest BCUT2D eigenvalue weighted by Gasteiger charge is 2.35. The maximum atomic E-state index is 12.7. The summed E-state index contributed by atoms with van der Waals surface area (Å²) in [7, 11) is -1.38. The van der Waals surface area contributed by atoms with Crippen molar-refractivity contribution >= 4 is 16.1 Å². The molecule has 0 aromatic heterocycles. The molecule has 8 nitrogen and oxygen atoms in total. The van der Waals surface area contributed by atoms with E-state index in [1.165, 1.54) is 4.31 Å². The molecule has 3 saturated heterocycles. The molecule has 3 fully saturated rings. The summed E-state index contributed by atoms with van der Waals surface area (Å²) in [5.41, 5.74) is 0. The van der Waals surface area contributed by atoms with Gasteiger partial charge in [0.1, 0.15) is 0 Å². The first-order chi connectivity index (χ1) is 11.5. The number of carbonyl (C=O) groups excluding carboxylic acids is 1. The minimum absolute atomic E-state index is 0.144. The third kappa shape index (κ3) is 4.08. The van der Waals surface area contributed by atoms with E-state index in [0.717, 1.165) is 32.5 Å². The van der Waals surface area contributed by atoms with E-state index in [-0.39, 0.29) is 5.91 Å². The zero-order valence-electron chi connectivity index (χ0n) is 14.5. The lowest BCUT2D eigenvalue weighted by atomic mass is 10.1. The van der Waals surface area contributed by atoms with Crippen LogP contribution >= 0.6 is 0 Å². The van der Waals surface area contributed by atoms with Crippen molar-refractivity contribution in [2.24, 2.45) is 0 Å². The van der Waals surface area contributed by atoms with E-state index >= 15 is 0 Å². The Kier molecular flexibility index (Phi) is 5.76. The van der Waals surface area contributed by atoms with Gasteiger partial charge < -0.3 is 15.1 Å². The molecule has 1 amide bonds. The number of carbonyl (C=O) groups is 1. The topological polar surface area (TPSA) is 76.2 Å². The SMILES string of the molecule is CN1CCN(S(=O)(=O)N2CCN(C(=O)CC3CCCN3)CC2)CC1. The maximum Gasteiger partial charge on any atom is 0.282 e. The highest BCUT2D eigenvalue weighted by atomic mass is 32.2. The van der Waals surface area contributed by atoms with Crippen LogP contribution in [0.2, 0.25) is 0 Å². The summed E-state index contributed by atoms with van der Waals surface area (Å²) in [4.78, 5) is 16.3. The molecule has 1 atom stereocenters. The van der Waals surface area contributed by atoms with Gasteiger partial charge in [0.25, 0.3) is 10.2 Å². The van der Waals surface area contributed by atoms with E-state index in [0.29, 0.717) is 51.7 Å². The summed E-state index contributed by atoms with van der Waals surface area (Å²) in [6.45, 7) is 5.43. The van der Waals surface area contributed by atoms with Crippen molar-refractivity contribution in [3.8, 4) is 0 Å². The number of hydrogen-bond donors (Lipinski definition) is 1. The molecule has 24 heavy (non-hydrogen) atoms. The molecule has 0 aromatic rings. The molecular weight excluding hydrogens is 330 g/mol. The molecule has 3 aliphatic rings. The highest BCUT2D eigenvalue weighted by molar-refractivity contribution is 7.86. The van der Waals surface area contributed by atoms with E-state index in [1.807, 2.05) is 11.9 Å². The number of hydrogen-bond acceptors (Lipinski definition) is 5. The van der Waals surface area contributed by atoms with E-state index < -0.39 is 10.2 Å². The van der Waals surface area contributed by atoms with Crippen LogP contribution in [-0.2, 0) is 15.0 Å². The summed E-state index contributed by atoms with van der Waals surface area (Å²) in [5.74, 6) is 0.144. The Labute approximate surface area is 144 Å². The zero-order chi connectivity index (χ0) is 17.2. The first kappa shape index (κ1) is 18.1. The molecule has 9 heteroatoms. The summed E-state index contributed by atoms with van der Waals surface area (Å²) >= 11 is 0. The molecule has 3 rings (SSSR count). The predicted molar refractivity (Wildman–Crippen MR) is 91.8 cm³/mol. The van der Waals surface area contributed by atoms with Crippen LogP contribution in [0.15, 0.2) is 0 Å². The Balaban J connectivity index is 1.49. The number of amides is 1. The molecule has 0 saturated carbocycles. The van der Waals surface area contributed by atoms with Crippen LogP contribution in [0.4, 0.5) is 0 Å². The second kappa shape index (κ2) is 7.65. The van der Waals surface area contributed by atoms with Crippen molar-refractivity contribution in [3.05, 3.63) is 0 Å². The van der Waals surface area contributed by atoms with Gasteiger partial charge in [-0.15, -0.1) is 0 Å². The van der Waals surface area contributed by atoms with E-state index in [4.69, 9.17) is 0 Å². The van der Waals surface area contributed by atoms with E-state index in [2.05, 4.69) is 10.2 Å². The second-order valence-electron chi connectivity index (χ2n) is 6.99. The van der Waals surface area contributed by atoms with Crippen molar-refractivity contribution in [3.63, 3.8) is 0 Å². The van der Waals surface area contributed by atoms with Crippen molar-refractivity contribution in [1.82, 2.24) is 23.7 Å². The average Bonchev–Trinajstić information content (AvgIpc) is 3.08. The van der Waals surface area contributed by atoms with Crippen LogP contribution in [0.5, 0.6) is 0 Å². The molecule has 1 N–H and O–H groups in total. The van der Waals surface area contributed by atoms with Crippen LogP contribution in [0.3, 0.4) is 0 Å². The zero-order valence-corrected chi connectivity index (χ0v) is 15.3. The third-order valence-electron chi connectivity index (χ3n) is 5.29. The number of rotatable bonds is 4. The minimum Gasteiger partial charge on any atom is -0.340 e. The van der Waals surface area contributed by atoms with Gasteiger partial charge >= 0.3 is 0 Å². The molecule has 1 unspecified atom stereocenters. The summed E-state index contributed by atoms with van der Waals surface area (Å²) < 4.78 is 28.6. The van der Waals surface area contributed by atoms with Gasteiger partial charge in [-0.05, 0) is 26.4 Å². The fraction of sp³-hybridized carbons (Fsp3) is 0.933. The van der Waals surface area contributed by atoms with E-state index in [1.54, 1.807) is 4.31 Å². The fourth-order valence-corrected chi connectivity index (χ4v) is 5.20. The molecule has 3 aliphatic heterocycles. The third-order valence-corrected chi connectivity index (χ3v) is 7.33. The quantitative estimate of drug-likeness (QED) is 0.680. The maximum absolute atomic E-state index is 12.7. The predicted octanol–water partition coefficient (Wildman–Crippen LogP) is -1.24. The first-order valence-electron chi connectivity index (χ1n) is 8.92. The Hall–Kier alpha value is -0.740. The number of nitrogens with one attached hydrogen (secondary N) is 1. The van der Waals surface area contributed by atoms with Gasteiger partial charge in [0, 0.05) is 64.8 Å². The Morgan fingerprint density at radius 1 is 1.00 bits per heavy atom. The molecule has 138 valence electrons. The molecule has 3 heterocycles. The molecule has 0 bridgehead atoms. The lowest BCUT2D eigenvalue weighted by Gasteiger charge is -2.39. The number of piperazine rings is 2. The lowest BCUT2D eigenvalue weighted by molar-refractivity contribution is -0.132. The van der Waals surface area contributed by atoms with Gasteiger partial charge in [0.15, 0.2) is 0 Å². The van der Waals surface area contributed by atoms with Crippen molar-refractivity contribution < 1.29 is 13.2 Å². The average molecular weight is 359 g/mol. The summed E-state index contributed by atoms with van der Waals surface area (Å²) in [5, 5.41) is 3.34. The molecule has 0 aromatic carbocycles. The molecule has 0 aliphatic carbocycles. The van der Waals surface area contributed by atoms with E-state index in [9.17, 15) is 13.2 Å². The standard InChI is InChI=1S/C15H29N5O3S/c1-17-5-9-19(10-6-17)24(22,23)20-11-7-18(8-12-20)15(21)13-14-3-2-4-16-14/h14,16H,2-13H2,1H3. The number of likely N-dealkylation sites (N-methyl/N-ethyl adjacent to an activating group) is 1. The van der Waals surface area contributed by atoms with Crippen LogP contribution in [0.1, 0.15) is 19.3 Å². The Morgan fingerprint density at radius 2 is 1.58 bits per heavy atom. The minimum atomic E-state index is -3.39. The van der Waals surface area contributed by atoms with Crippen molar-refractivity contribution in [2.75, 3.05) is 66.0 Å². The van der Waals surface area contributed by atoms with Crippen LogP contribution in [0.25, 0.3) is 0 Å². The second-order valence-corrected chi connectivity index (χ2v) is 8.92. The van der Waals surface area contributed by atoms with Crippen LogP contribution in [0, 0.1) is 0 Å². The number of nitrogens with zero attached hydrogens (tertiary/aromatic N) is 4. The van der Waals surface area contributed by atoms with Gasteiger partial charge in [0.2, 0.25) is 5.91 Å².